The van der Waals surface area contributed by atoms with Gasteiger partial charge in [0.1, 0.15) is 5.02 Å². The Morgan fingerprint density at radius 1 is 1.43 bits per heavy atom. The van der Waals surface area contributed by atoms with Gasteiger partial charge in [-0.1, -0.05) is 11.6 Å². The first-order chi connectivity index (χ1) is 9.92. The molecule has 0 radical (unpaired) electrons. The first-order valence-electron chi connectivity index (χ1n) is 5.65. The molecule has 21 heavy (non-hydrogen) atoms. The number of nitrogens with two attached hydrogens (primary N) is 1. The lowest BCUT2D eigenvalue weighted by atomic mass is 10.1. The Hall–Kier alpha value is -2.65. The number of benzene rings is 1. The molecule has 9 nitrogen and oxygen atoms in total. The van der Waals surface area contributed by atoms with Crippen LogP contribution >= 0.6 is 11.6 Å². The Labute approximate surface area is 122 Å². The first-order valence-corrected chi connectivity index (χ1v) is 6.03. The molecule has 0 spiro atoms. The highest BCUT2D eigenvalue weighted by Gasteiger charge is 2.12. The molecule has 0 aliphatic rings. The molecule has 110 valence electrons. The zero-order chi connectivity index (χ0) is 15.6. The largest absolute Gasteiger partial charge is 0.328 e. The molecule has 0 atom stereocenters. The van der Waals surface area contributed by atoms with E-state index in [1.807, 2.05) is 4.98 Å². The normalized spacial score (nSPS) is 10.4. The molecule has 0 fully saturated rings. The predicted molar refractivity (Wildman–Crippen MR) is 76.3 cm³/mol. The van der Waals surface area contributed by atoms with Crippen molar-refractivity contribution < 1.29 is 4.92 Å². The Morgan fingerprint density at radius 3 is 2.76 bits per heavy atom. The second-order valence-electron chi connectivity index (χ2n) is 4.11. The van der Waals surface area contributed by atoms with E-state index in [2.05, 4.69) is 5.43 Å². The molecule has 0 bridgehead atoms. The number of anilines is 1. The van der Waals surface area contributed by atoms with Crippen LogP contribution in [0.2, 0.25) is 5.02 Å². The van der Waals surface area contributed by atoms with E-state index in [1.54, 1.807) is 0 Å². The monoisotopic (exact) mass is 311 g/mol. The summed E-state index contributed by atoms with van der Waals surface area (Å²) in [5.41, 5.74) is 1.67. The molecule has 0 aliphatic carbocycles. The quantitative estimate of drug-likeness (QED) is 0.425. The fourth-order valence-corrected chi connectivity index (χ4v) is 1.91. The van der Waals surface area contributed by atoms with Gasteiger partial charge in [-0.25, -0.2) is 4.79 Å². The van der Waals surface area contributed by atoms with Gasteiger partial charge in [0.2, 0.25) is 0 Å². The van der Waals surface area contributed by atoms with Crippen molar-refractivity contribution in [2.75, 3.05) is 5.43 Å². The van der Waals surface area contributed by atoms with Gasteiger partial charge in [-0.15, -0.1) is 0 Å². The van der Waals surface area contributed by atoms with Gasteiger partial charge >= 0.3 is 5.69 Å². The Balaban J connectivity index is 2.50. The number of aromatic amines is 1. The third-order valence-electron chi connectivity index (χ3n) is 2.76. The highest BCUT2D eigenvalue weighted by atomic mass is 35.5. The van der Waals surface area contributed by atoms with Gasteiger partial charge in [0.25, 0.3) is 11.2 Å². The zero-order valence-corrected chi connectivity index (χ0v) is 11.3. The predicted octanol–water partition coefficient (Wildman–Crippen LogP) is 0.432. The molecule has 10 heteroatoms. The van der Waals surface area contributed by atoms with Crippen LogP contribution in [-0.4, -0.2) is 14.5 Å². The van der Waals surface area contributed by atoms with Crippen molar-refractivity contribution in [3.63, 3.8) is 0 Å². The van der Waals surface area contributed by atoms with E-state index in [9.17, 15) is 19.7 Å². The van der Waals surface area contributed by atoms with Crippen LogP contribution in [0.5, 0.6) is 0 Å². The molecule has 0 amide bonds. The topological polar surface area (TPSA) is 136 Å². The highest BCUT2D eigenvalue weighted by Crippen LogP contribution is 2.22. The van der Waals surface area contributed by atoms with E-state index in [-0.39, 0.29) is 17.3 Å². The first kappa shape index (κ1) is 14.8. The highest BCUT2D eigenvalue weighted by molar-refractivity contribution is 6.30. The van der Waals surface area contributed by atoms with Crippen molar-refractivity contribution in [1.82, 2.24) is 9.55 Å². The number of nitrogens with one attached hydrogen (secondary N) is 2. The van der Waals surface area contributed by atoms with Crippen molar-refractivity contribution in [3.8, 4) is 0 Å². The minimum atomic E-state index is -0.700. The summed E-state index contributed by atoms with van der Waals surface area (Å²) in [6.45, 7) is -0.0451. The SMILES string of the molecule is NNc1ccc([N+](=O)[O-])cc1Cn1cc(Cl)c(=O)[nH]c1=O. The number of H-pyrrole nitrogens is 1. The summed E-state index contributed by atoms with van der Waals surface area (Å²) in [7, 11) is 0. The summed E-state index contributed by atoms with van der Waals surface area (Å²) in [5, 5.41) is 10.6. The number of hydrogen-bond acceptors (Lipinski definition) is 6. The number of aromatic nitrogens is 2. The fraction of sp³-hybridized carbons (Fsp3) is 0.0909. The van der Waals surface area contributed by atoms with Gasteiger partial charge in [0, 0.05) is 23.9 Å². The van der Waals surface area contributed by atoms with Crippen LogP contribution in [0.25, 0.3) is 0 Å². The van der Waals surface area contributed by atoms with E-state index in [0.717, 1.165) is 10.8 Å². The molecule has 4 N–H and O–H groups in total. The van der Waals surface area contributed by atoms with Crippen LogP contribution in [0.3, 0.4) is 0 Å². The van der Waals surface area contributed by atoms with E-state index < -0.39 is 16.2 Å². The summed E-state index contributed by atoms with van der Waals surface area (Å²) >= 11 is 5.66. The number of nitrogen functional groups attached to an aromatic ring is 1. The lowest BCUT2D eigenvalue weighted by Crippen LogP contribution is -2.30. The number of nitro benzene ring substituents is 1. The van der Waals surface area contributed by atoms with E-state index in [4.69, 9.17) is 17.4 Å². The van der Waals surface area contributed by atoms with Crippen molar-refractivity contribution in [1.29, 1.82) is 0 Å². The average Bonchev–Trinajstić information content (AvgIpc) is 2.44. The molecular formula is C11H10ClN5O4. The van der Waals surface area contributed by atoms with Gasteiger partial charge in [0.05, 0.1) is 17.2 Å². The number of nitrogens with zero attached hydrogens (tertiary/aromatic N) is 2. The van der Waals surface area contributed by atoms with Crippen molar-refractivity contribution in [2.45, 2.75) is 6.54 Å². The summed E-state index contributed by atoms with van der Waals surface area (Å²) in [6.07, 6.45) is 1.15. The molecule has 0 aliphatic heterocycles. The minimum Gasteiger partial charge on any atom is -0.324 e. The number of nitro groups is 1. The number of hydrogen-bond donors (Lipinski definition) is 3. The van der Waals surface area contributed by atoms with E-state index in [1.165, 1.54) is 18.2 Å². The van der Waals surface area contributed by atoms with Gasteiger partial charge in [-0.3, -0.25) is 30.3 Å². The minimum absolute atomic E-state index is 0.0451. The maximum atomic E-state index is 11.7. The molecular weight excluding hydrogens is 302 g/mol. The number of rotatable bonds is 4. The Bertz CT molecular complexity index is 813. The van der Waals surface area contributed by atoms with Crippen LogP contribution in [0.1, 0.15) is 5.56 Å². The maximum Gasteiger partial charge on any atom is 0.328 e. The molecule has 0 saturated carbocycles. The second-order valence-corrected chi connectivity index (χ2v) is 4.51. The van der Waals surface area contributed by atoms with Crippen LogP contribution in [0.15, 0.2) is 34.0 Å². The second kappa shape index (κ2) is 5.77. The summed E-state index contributed by atoms with van der Waals surface area (Å²) in [4.78, 5) is 35.1. The molecule has 1 heterocycles. The third kappa shape index (κ3) is 3.09. The lowest BCUT2D eigenvalue weighted by Gasteiger charge is -2.10. The van der Waals surface area contributed by atoms with Crippen molar-refractivity contribution >= 4 is 23.0 Å². The Morgan fingerprint density at radius 2 is 2.14 bits per heavy atom. The standard InChI is InChI=1S/C11H10ClN5O4/c12-8-5-16(11(19)14-10(8)18)4-6-3-7(17(20)21)1-2-9(6)15-13/h1-3,5,15H,4,13H2,(H,14,18,19). The maximum absolute atomic E-state index is 11.7. The summed E-state index contributed by atoms with van der Waals surface area (Å²) in [5.74, 6) is 5.33. The summed E-state index contributed by atoms with van der Waals surface area (Å²) in [6, 6.07) is 3.98. The molecule has 2 rings (SSSR count). The van der Waals surface area contributed by atoms with Crippen molar-refractivity contribution in [2.24, 2.45) is 5.84 Å². The van der Waals surface area contributed by atoms with Gasteiger partial charge < -0.3 is 5.43 Å². The average molecular weight is 312 g/mol. The zero-order valence-electron chi connectivity index (χ0n) is 10.5. The molecule has 1 aromatic heterocycles. The lowest BCUT2D eigenvalue weighted by molar-refractivity contribution is -0.384. The van der Waals surface area contributed by atoms with Gasteiger partial charge in [0.15, 0.2) is 0 Å². The van der Waals surface area contributed by atoms with Crippen LogP contribution < -0.4 is 22.5 Å². The molecule has 0 saturated heterocycles. The smallest absolute Gasteiger partial charge is 0.324 e. The summed E-state index contributed by atoms with van der Waals surface area (Å²) < 4.78 is 1.11. The molecule has 1 aromatic carbocycles. The van der Waals surface area contributed by atoms with Gasteiger partial charge in [-0.05, 0) is 6.07 Å². The number of non-ortho nitro benzene ring substituents is 1. The van der Waals surface area contributed by atoms with Gasteiger partial charge in [-0.2, -0.15) is 0 Å². The molecule has 2 aromatic rings. The fourth-order valence-electron chi connectivity index (χ4n) is 1.75. The molecule has 0 unspecified atom stereocenters. The van der Waals surface area contributed by atoms with Crippen LogP contribution in [0.4, 0.5) is 11.4 Å². The Kier molecular flexibility index (Phi) is 4.05. The van der Waals surface area contributed by atoms with Crippen LogP contribution in [-0.2, 0) is 6.54 Å². The van der Waals surface area contributed by atoms with Crippen molar-refractivity contribution in [3.05, 3.63) is 65.9 Å². The van der Waals surface area contributed by atoms with E-state index in [0.29, 0.717) is 11.3 Å². The third-order valence-corrected chi connectivity index (χ3v) is 3.03. The van der Waals surface area contributed by atoms with Crippen LogP contribution in [0, 0.1) is 10.1 Å². The number of halogens is 1. The van der Waals surface area contributed by atoms with E-state index >= 15 is 0 Å². The number of hydrazine groups is 1.